The summed E-state index contributed by atoms with van der Waals surface area (Å²) in [6.07, 6.45) is 3.95. The van der Waals surface area contributed by atoms with Crippen molar-refractivity contribution in [1.29, 1.82) is 0 Å². The van der Waals surface area contributed by atoms with Crippen LogP contribution in [0, 0.1) is 13.8 Å². The van der Waals surface area contributed by atoms with Crippen LogP contribution in [0.1, 0.15) is 40.9 Å². The maximum absolute atomic E-state index is 4.57. The van der Waals surface area contributed by atoms with E-state index in [0.29, 0.717) is 0 Å². The molecule has 0 aliphatic rings. The molecule has 0 saturated heterocycles. The van der Waals surface area contributed by atoms with Crippen molar-refractivity contribution in [2.24, 2.45) is 7.05 Å². The molecule has 2 aromatic carbocycles. The molecule has 0 spiro atoms. The van der Waals surface area contributed by atoms with Crippen molar-refractivity contribution in [3.63, 3.8) is 0 Å². The van der Waals surface area contributed by atoms with Gasteiger partial charge in [0.1, 0.15) is 0 Å². The number of rotatable bonds is 6. The monoisotopic (exact) mass is 333 g/mol. The van der Waals surface area contributed by atoms with Gasteiger partial charge in [0.15, 0.2) is 0 Å². The van der Waals surface area contributed by atoms with Crippen LogP contribution in [0.3, 0.4) is 0 Å². The first kappa shape index (κ1) is 17.3. The third-order valence-corrected chi connectivity index (χ3v) is 4.79. The van der Waals surface area contributed by atoms with Gasteiger partial charge in [-0.25, -0.2) is 0 Å². The second-order valence-electron chi connectivity index (χ2n) is 6.75. The molecule has 3 rings (SSSR count). The minimum Gasteiger partial charge on any atom is -0.375 e. The molecule has 0 aliphatic carbocycles. The van der Waals surface area contributed by atoms with Gasteiger partial charge in [-0.3, -0.25) is 4.68 Å². The Hall–Kier alpha value is -2.55. The summed E-state index contributed by atoms with van der Waals surface area (Å²) in [5.41, 5.74) is 7.56. The smallest absolute Gasteiger partial charge is 0.0853 e. The molecule has 3 aromatic rings. The Bertz CT molecular complexity index is 834. The minimum atomic E-state index is 0.219. The molecule has 1 heterocycles. The quantitative estimate of drug-likeness (QED) is 0.688. The van der Waals surface area contributed by atoms with E-state index < -0.39 is 0 Å². The zero-order valence-corrected chi connectivity index (χ0v) is 15.6. The Morgan fingerprint density at radius 1 is 1.04 bits per heavy atom. The van der Waals surface area contributed by atoms with Gasteiger partial charge in [-0.2, -0.15) is 5.10 Å². The van der Waals surface area contributed by atoms with Crippen LogP contribution in [0.15, 0.2) is 54.7 Å². The number of aryl methyl sites for hydroxylation is 4. The average molecular weight is 333 g/mol. The predicted molar refractivity (Wildman–Crippen MR) is 105 cm³/mol. The van der Waals surface area contributed by atoms with Crippen molar-refractivity contribution in [2.75, 3.05) is 5.32 Å². The number of hydrogen-bond donors (Lipinski definition) is 1. The molecule has 3 heteroatoms. The fourth-order valence-electron chi connectivity index (χ4n) is 3.19. The normalized spacial score (nSPS) is 12.2. The third kappa shape index (κ3) is 4.11. The van der Waals surface area contributed by atoms with Crippen LogP contribution in [0.4, 0.5) is 5.69 Å². The molecule has 1 aromatic heterocycles. The summed E-state index contributed by atoms with van der Waals surface area (Å²) in [6.45, 7) is 6.49. The number of nitrogens with one attached hydrogen (secondary N) is 1. The minimum absolute atomic E-state index is 0.219. The van der Waals surface area contributed by atoms with E-state index in [1.165, 1.54) is 22.3 Å². The highest BCUT2D eigenvalue weighted by atomic mass is 15.3. The van der Waals surface area contributed by atoms with Crippen molar-refractivity contribution in [2.45, 2.75) is 39.7 Å². The number of anilines is 1. The average Bonchev–Trinajstić information content (AvgIpc) is 2.97. The molecule has 0 fully saturated rings. The van der Waals surface area contributed by atoms with Crippen molar-refractivity contribution in [3.8, 4) is 0 Å². The van der Waals surface area contributed by atoms with Gasteiger partial charge in [0.05, 0.1) is 17.4 Å². The van der Waals surface area contributed by atoms with E-state index in [2.05, 4.69) is 85.9 Å². The summed E-state index contributed by atoms with van der Waals surface area (Å²) in [6, 6.07) is 17.6. The van der Waals surface area contributed by atoms with Gasteiger partial charge >= 0.3 is 0 Å². The summed E-state index contributed by atoms with van der Waals surface area (Å²) in [4.78, 5) is 0. The Labute approximate surface area is 150 Å². The summed E-state index contributed by atoms with van der Waals surface area (Å²) >= 11 is 0. The zero-order valence-electron chi connectivity index (χ0n) is 15.6. The molecular weight excluding hydrogens is 306 g/mol. The fourth-order valence-corrected chi connectivity index (χ4v) is 3.19. The second kappa shape index (κ2) is 7.56. The second-order valence-corrected chi connectivity index (χ2v) is 6.75. The van der Waals surface area contributed by atoms with Crippen molar-refractivity contribution in [3.05, 3.63) is 82.7 Å². The van der Waals surface area contributed by atoms with E-state index in [4.69, 9.17) is 0 Å². The largest absolute Gasteiger partial charge is 0.375 e. The lowest BCUT2D eigenvalue weighted by Crippen LogP contribution is -2.14. The van der Waals surface area contributed by atoms with Crippen LogP contribution in [-0.4, -0.2) is 9.78 Å². The van der Waals surface area contributed by atoms with Gasteiger partial charge in [0.2, 0.25) is 0 Å². The predicted octanol–water partition coefficient (Wildman–Crippen LogP) is 5.00. The Kier molecular flexibility index (Phi) is 5.22. The van der Waals surface area contributed by atoms with E-state index >= 15 is 0 Å². The van der Waals surface area contributed by atoms with Gasteiger partial charge in [-0.1, -0.05) is 55.5 Å². The lowest BCUT2D eigenvalue weighted by molar-refractivity contribution is 0.746. The summed E-state index contributed by atoms with van der Waals surface area (Å²) in [7, 11) is 1.98. The highest BCUT2D eigenvalue weighted by Gasteiger charge is 2.16. The van der Waals surface area contributed by atoms with Crippen LogP contribution in [0.2, 0.25) is 0 Å². The van der Waals surface area contributed by atoms with Gasteiger partial charge in [-0.05, 0) is 48.9 Å². The summed E-state index contributed by atoms with van der Waals surface area (Å²) < 4.78 is 1.89. The molecule has 0 radical (unpaired) electrons. The molecule has 0 bridgehead atoms. The SMILES string of the molecule is CCc1nn(C)cc1NC(Cc1ccccc1)c1ccc(C)c(C)c1. The number of aromatic nitrogens is 2. The molecule has 1 N–H and O–H groups in total. The third-order valence-electron chi connectivity index (χ3n) is 4.79. The van der Waals surface area contributed by atoms with Crippen LogP contribution in [-0.2, 0) is 19.9 Å². The van der Waals surface area contributed by atoms with Gasteiger partial charge in [-0.15, -0.1) is 0 Å². The highest BCUT2D eigenvalue weighted by molar-refractivity contribution is 5.49. The van der Waals surface area contributed by atoms with Crippen LogP contribution in [0.5, 0.6) is 0 Å². The molecule has 1 unspecified atom stereocenters. The lowest BCUT2D eigenvalue weighted by atomic mass is 9.95. The summed E-state index contributed by atoms with van der Waals surface area (Å²) in [5, 5.41) is 8.32. The van der Waals surface area contributed by atoms with Crippen molar-refractivity contribution in [1.82, 2.24) is 9.78 Å². The number of hydrogen-bond acceptors (Lipinski definition) is 2. The van der Waals surface area contributed by atoms with E-state index in [-0.39, 0.29) is 6.04 Å². The summed E-state index contributed by atoms with van der Waals surface area (Å²) in [5.74, 6) is 0. The molecule has 130 valence electrons. The topological polar surface area (TPSA) is 29.9 Å². The first-order valence-electron chi connectivity index (χ1n) is 8.97. The van der Waals surface area contributed by atoms with Crippen LogP contribution < -0.4 is 5.32 Å². The van der Waals surface area contributed by atoms with E-state index in [0.717, 1.165) is 24.2 Å². The van der Waals surface area contributed by atoms with Gasteiger partial charge < -0.3 is 5.32 Å². The van der Waals surface area contributed by atoms with Gasteiger partial charge in [0, 0.05) is 13.2 Å². The molecule has 0 amide bonds. The molecule has 3 nitrogen and oxygen atoms in total. The van der Waals surface area contributed by atoms with Crippen LogP contribution in [0.25, 0.3) is 0 Å². The van der Waals surface area contributed by atoms with Crippen molar-refractivity contribution < 1.29 is 0 Å². The Morgan fingerprint density at radius 2 is 1.80 bits per heavy atom. The van der Waals surface area contributed by atoms with Crippen molar-refractivity contribution >= 4 is 5.69 Å². The highest BCUT2D eigenvalue weighted by Crippen LogP contribution is 2.27. The van der Waals surface area contributed by atoms with E-state index in [1.807, 2.05) is 11.7 Å². The molecule has 0 saturated carbocycles. The van der Waals surface area contributed by atoms with Gasteiger partial charge in [0.25, 0.3) is 0 Å². The maximum Gasteiger partial charge on any atom is 0.0853 e. The molecular formula is C22H27N3. The van der Waals surface area contributed by atoms with E-state index in [1.54, 1.807) is 0 Å². The van der Waals surface area contributed by atoms with Crippen LogP contribution >= 0.6 is 0 Å². The molecule has 25 heavy (non-hydrogen) atoms. The standard InChI is InChI=1S/C22H27N3/c1-5-20-22(15-25(4)24-20)23-21(14-18-9-7-6-8-10-18)19-12-11-16(2)17(3)13-19/h6-13,15,21,23H,5,14H2,1-4H3. The fraction of sp³-hybridized carbons (Fsp3) is 0.318. The molecule has 0 aliphatic heterocycles. The first-order valence-corrected chi connectivity index (χ1v) is 8.97. The first-order chi connectivity index (χ1) is 12.1. The number of nitrogens with zero attached hydrogens (tertiary/aromatic N) is 2. The number of benzene rings is 2. The Balaban J connectivity index is 1.94. The Morgan fingerprint density at radius 3 is 2.48 bits per heavy atom. The lowest BCUT2D eigenvalue weighted by Gasteiger charge is -2.21. The zero-order chi connectivity index (χ0) is 17.8. The van der Waals surface area contributed by atoms with E-state index in [9.17, 15) is 0 Å². The maximum atomic E-state index is 4.57. The molecule has 1 atom stereocenters.